The van der Waals surface area contributed by atoms with Gasteiger partial charge in [-0.3, -0.25) is 4.98 Å². The highest BCUT2D eigenvalue weighted by Gasteiger charge is 2.25. The standard InChI is InChI=1S/C17H19N5/c1-10-15-9-18-12(3)20-17(15)22(21-10)11(2)14-6-7-16(19-8-14)13-4-5-13/h6-9,11,13H,4-5H2,1-3H3. The molecule has 0 amide bonds. The Morgan fingerprint density at radius 2 is 1.95 bits per heavy atom. The van der Waals surface area contributed by atoms with Gasteiger partial charge < -0.3 is 0 Å². The van der Waals surface area contributed by atoms with E-state index in [2.05, 4.69) is 39.1 Å². The number of aromatic nitrogens is 5. The average molecular weight is 293 g/mol. The van der Waals surface area contributed by atoms with Crippen molar-refractivity contribution in [3.05, 3.63) is 47.3 Å². The fraction of sp³-hybridized carbons (Fsp3) is 0.412. The highest BCUT2D eigenvalue weighted by molar-refractivity contribution is 5.77. The summed E-state index contributed by atoms with van der Waals surface area (Å²) in [6, 6.07) is 4.43. The van der Waals surface area contributed by atoms with Crippen LogP contribution in [0.25, 0.3) is 11.0 Å². The number of pyridine rings is 1. The van der Waals surface area contributed by atoms with E-state index < -0.39 is 0 Å². The molecule has 3 aromatic rings. The SMILES string of the molecule is Cc1ncc2c(C)nn(C(C)c3ccc(C4CC4)nc3)c2n1. The summed E-state index contributed by atoms with van der Waals surface area (Å²) in [7, 11) is 0. The molecule has 0 aliphatic heterocycles. The van der Waals surface area contributed by atoms with Gasteiger partial charge in [0.1, 0.15) is 5.82 Å². The fourth-order valence-corrected chi connectivity index (χ4v) is 2.85. The molecule has 112 valence electrons. The van der Waals surface area contributed by atoms with E-state index in [-0.39, 0.29) is 6.04 Å². The molecule has 3 aromatic heterocycles. The van der Waals surface area contributed by atoms with Crippen LogP contribution in [0.2, 0.25) is 0 Å². The topological polar surface area (TPSA) is 56.5 Å². The van der Waals surface area contributed by atoms with E-state index in [4.69, 9.17) is 0 Å². The smallest absolute Gasteiger partial charge is 0.162 e. The van der Waals surface area contributed by atoms with Gasteiger partial charge in [0.2, 0.25) is 0 Å². The molecule has 1 saturated carbocycles. The molecule has 0 spiro atoms. The average Bonchev–Trinajstić information content (AvgIpc) is 3.32. The Morgan fingerprint density at radius 1 is 1.14 bits per heavy atom. The fourth-order valence-electron chi connectivity index (χ4n) is 2.85. The van der Waals surface area contributed by atoms with Crippen molar-refractivity contribution in [2.75, 3.05) is 0 Å². The number of hydrogen-bond acceptors (Lipinski definition) is 4. The van der Waals surface area contributed by atoms with E-state index in [1.54, 1.807) is 0 Å². The maximum atomic E-state index is 4.66. The molecule has 5 nitrogen and oxygen atoms in total. The molecule has 1 aliphatic rings. The zero-order valence-corrected chi connectivity index (χ0v) is 13.1. The highest BCUT2D eigenvalue weighted by atomic mass is 15.3. The van der Waals surface area contributed by atoms with Crippen LogP contribution in [0, 0.1) is 13.8 Å². The lowest BCUT2D eigenvalue weighted by atomic mass is 10.1. The molecule has 0 radical (unpaired) electrons. The highest BCUT2D eigenvalue weighted by Crippen LogP contribution is 2.39. The third-order valence-electron chi connectivity index (χ3n) is 4.41. The maximum absolute atomic E-state index is 4.66. The van der Waals surface area contributed by atoms with Crippen LogP contribution in [0.4, 0.5) is 0 Å². The van der Waals surface area contributed by atoms with Crippen LogP contribution in [0.3, 0.4) is 0 Å². The Hall–Kier alpha value is -2.30. The molecule has 5 heteroatoms. The molecular formula is C17H19N5. The predicted octanol–water partition coefficient (Wildman–Crippen LogP) is 3.32. The minimum Gasteiger partial charge on any atom is -0.261 e. The van der Waals surface area contributed by atoms with E-state index in [9.17, 15) is 0 Å². The van der Waals surface area contributed by atoms with Crippen molar-refractivity contribution in [3.8, 4) is 0 Å². The first-order valence-corrected chi connectivity index (χ1v) is 7.78. The Bertz CT molecular complexity index is 830. The van der Waals surface area contributed by atoms with Gasteiger partial charge in [0.05, 0.1) is 17.1 Å². The van der Waals surface area contributed by atoms with Crippen molar-refractivity contribution in [1.82, 2.24) is 24.7 Å². The number of hydrogen-bond donors (Lipinski definition) is 0. The zero-order chi connectivity index (χ0) is 15.3. The van der Waals surface area contributed by atoms with E-state index in [1.807, 2.05) is 30.9 Å². The summed E-state index contributed by atoms with van der Waals surface area (Å²) < 4.78 is 1.98. The molecule has 0 bridgehead atoms. The molecule has 1 atom stereocenters. The Kier molecular flexibility index (Phi) is 2.96. The number of rotatable bonds is 3. The lowest BCUT2D eigenvalue weighted by Crippen LogP contribution is -2.10. The minimum absolute atomic E-state index is 0.103. The van der Waals surface area contributed by atoms with Crippen molar-refractivity contribution in [3.63, 3.8) is 0 Å². The molecule has 1 aliphatic carbocycles. The summed E-state index contributed by atoms with van der Waals surface area (Å²) in [5.41, 5.74) is 4.23. The lowest BCUT2D eigenvalue weighted by Gasteiger charge is -2.13. The van der Waals surface area contributed by atoms with Gasteiger partial charge in [-0.15, -0.1) is 0 Å². The third-order valence-corrected chi connectivity index (χ3v) is 4.41. The molecule has 3 heterocycles. The molecule has 0 saturated heterocycles. The Labute approximate surface area is 129 Å². The van der Waals surface area contributed by atoms with Gasteiger partial charge in [-0.25, -0.2) is 14.6 Å². The molecule has 1 fully saturated rings. The van der Waals surface area contributed by atoms with Crippen molar-refractivity contribution in [2.45, 2.75) is 45.6 Å². The molecule has 0 N–H and O–H groups in total. The van der Waals surface area contributed by atoms with Gasteiger partial charge in [0.25, 0.3) is 0 Å². The largest absolute Gasteiger partial charge is 0.261 e. The first-order valence-electron chi connectivity index (χ1n) is 7.78. The maximum Gasteiger partial charge on any atom is 0.162 e. The van der Waals surface area contributed by atoms with Gasteiger partial charge >= 0.3 is 0 Å². The van der Waals surface area contributed by atoms with Crippen LogP contribution in [0.5, 0.6) is 0 Å². The van der Waals surface area contributed by atoms with Crippen LogP contribution in [-0.4, -0.2) is 24.7 Å². The summed E-state index contributed by atoms with van der Waals surface area (Å²) in [6.07, 6.45) is 6.40. The second kappa shape index (κ2) is 4.87. The van der Waals surface area contributed by atoms with Crippen molar-refractivity contribution in [2.24, 2.45) is 0 Å². The predicted molar refractivity (Wildman–Crippen MR) is 84.8 cm³/mol. The molecule has 1 unspecified atom stereocenters. The zero-order valence-electron chi connectivity index (χ0n) is 13.1. The first-order chi connectivity index (χ1) is 10.6. The first kappa shape index (κ1) is 13.4. The normalized spacial score (nSPS) is 16.1. The van der Waals surface area contributed by atoms with E-state index in [1.165, 1.54) is 18.5 Å². The summed E-state index contributed by atoms with van der Waals surface area (Å²) in [6.45, 7) is 6.04. The van der Waals surface area contributed by atoms with E-state index in [0.29, 0.717) is 5.92 Å². The van der Waals surface area contributed by atoms with Gasteiger partial charge in [-0.2, -0.15) is 5.10 Å². The van der Waals surface area contributed by atoms with Crippen LogP contribution in [0.15, 0.2) is 24.5 Å². The molecule has 22 heavy (non-hydrogen) atoms. The van der Waals surface area contributed by atoms with Gasteiger partial charge in [-0.1, -0.05) is 6.07 Å². The van der Waals surface area contributed by atoms with Crippen molar-refractivity contribution < 1.29 is 0 Å². The van der Waals surface area contributed by atoms with Crippen LogP contribution < -0.4 is 0 Å². The summed E-state index contributed by atoms with van der Waals surface area (Å²) in [5.74, 6) is 1.45. The van der Waals surface area contributed by atoms with E-state index in [0.717, 1.165) is 28.1 Å². The Morgan fingerprint density at radius 3 is 2.64 bits per heavy atom. The minimum atomic E-state index is 0.103. The second-order valence-corrected chi connectivity index (χ2v) is 6.15. The monoisotopic (exact) mass is 293 g/mol. The van der Waals surface area contributed by atoms with Crippen LogP contribution >= 0.6 is 0 Å². The van der Waals surface area contributed by atoms with Crippen LogP contribution in [-0.2, 0) is 0 Å². The summed E-state index contributed by atoms with van der Waals surface area (Å²) in [4.78, 5) is 13.5. The summed E-state index contributed by atoms with van der Waals surface area (Å²) in [5, 5.41) is 5.68. The quantitative estimate of drug-likeness (QED) is 0.743. The number of aryl methyl sites for hydroxylation is 2. The van der Waals surface area contributed by atoms with Gasteiger partial charge in [-0.05, 0) is 45.2 Å². The molecular weight excluding hydrogens is 274 g/mol. The summed E-state index contributed by atoms with van der Waals surface area (Å²) >= 11 is 0. The number of fused-ring (bicyclic) bond motifs is 1. The van der Waals surface area contributed by atoms with Crippen LogP contribution in [0.1, 0.15) is 54.5 Å². The molecule has 0 aromatic carbocycles. The van der Waals surface area contributed by atoms with E-state index >= 15 is 0 Å². The second-order valence-electron chi connectivity index (χ2n) is 6.15. The van der Waals surface area contributed by atoms with Crippen molar-refractivity contribution >= 4 is 11.0 Å². The van der Waals surface area contributed by atoms with Gasteiger partial charge in [0.15, 0.2) is 5.65 Å². The van der Waals surface area contributed by atoms with Gasteiger partial charge in [0, 0.05) is 24.0 Å². The number of nitrogens with zero attached hydrogens (tertiary/aromatic N) is 5. The Balaban J connectivity index is 1.75. The lowest BCUT2D eigenvalue weighted by molar-refractivity contribution is 0.572. The third kappa shape index (κ3) is 2.17. The molecule has 4 rings (SSSR count). The van der Waals surface area contributed by atoms with Crippen molar-refractivity contribution in [1.29, 1.82) is 0 Å².